The molecule has 4 nitrogen and oxygen atoms in total. The number of benzene rings is 2. The maximum Gasteiger partial charge on any atom is 0.231 e. The van der Waals surface area contributed by atoms with Crippen molar-refractivity contribution < 1.29 is 14.3 Å². The van der Waals surface area contributed by atoms with Crippen LogP contribution in [-0.2, 0) is 11.2 Å². The van der Waals surface area contributed by atoms with Gasteiger partial charge in [-0.1, -0.05) is 24.3 Å². The Morgan fingerprint density at radius 2 is 1.87 bits per heavy atom. The summed E-state index contributed by atoms with van der Waals surface area (Å²) in [5.41, 5.74) is 2.30. The van der Waals surface area contributed by atoms with Crippen LogP contribution in [0.5, 0.6) is 5.75 Å². The van der Waals surface area contributed by atoms with Crippen LogP contribution < -0.4 is 9.64 Å². The minimum absolute atomic E-state index is 0.00844. The predicted octanol–water partition coefficient (Wildman–Crippen LogP) is 3.25. The minimum atomic E-state index is 0.00844. The number of ether oxygens (including phenoxy) is 1. The van der Waals surface area contributed by atoms with E-state index in [9.17, 15) is 9.59 Å². The molecule has 23 heavy (non-hydrogen) atoms. The van der Waals surface area contributed by atoms with Crippen LogP contribution in [-0.4, -0.2) is 24.8 Å². The highest BCUT2D eigenvalue weighted by Gasteiger charge is 2.26. The number of carbonyl (C=O) groups is 2. The Labute approximate surface area is 135 Å². The monoisotopic (exact) mass is 309 g/mol. The molecule has 1 aliphatic rings. The Bertz CT molecular complexity index is 722. The zero-order valence-electron chi connectivity index (χ0n) is 13.1. The van der Waals surface area contributed by atoms with Gasteiger partial charge in [0.1, 0.15) is 5.75 Å². The standard InChI is InChI=1S/C19H19NO3/c1-2-23-15-9-7-14(8-10-15)13-19(22)20-12-11-18(21)16-5-3-4-6-17(16)20/h3-10H,2,11-13H2,1H3. The predicted molar refractivity (Wildman–Crippen MR) is 89.1 cm³/mol. The van der Waals surface area contributed by atoms with E-state index in [0.29, 0.717) is 31.6 Å². The number of fused-ring (bicyclic) bond motifs is 1. The van der Waals surface area contributed by atoms with E-state index in [1.807, 2.05) is 49.4 Å². The lowest BCUT2D eigenvalue weighted by atomic mass is 9.99. The van der Waals surface area contributed by atoms with Gasteiger partial charge in [0, 0.05) is 18.5 Å². The van der Waals surface area contributed by atoms with Crippen LogP contribution in [0, 0.1) is 0 Å². The van der Waals surface area contributed by atoms with Gasteiger partial charge in [0.25, 0.3) is 0 Å². The van der Waals surface area contributed by atoms with Gasteiger partial charge >= 0.3 is 0 Å². The first-order valence-corrected chi connectivity index (χ1v) is 7.83. The quantitative estimate of drug-likeness (QED) is 0.871. The van der Waals surface area contributed by atoms with Gasteiger partial charge in [-0.2, -0.15) is 0 Å². The van der Waals surface area contributed by atoms with Crippen LogP contribution in [0.15, 0.2) is 48.5 Å². The van der Waals surface area contributed by atoms with Crippen molar-refractivity contribution in [2.24, 2.45) is 0 Å². The van der Waals surface area contributed by atoms with Gasteiger partial charge in [-0.25, -0.2) is 0 Å². The Hall–Kier alpha value is -2.62. The SMILES string of the molecule is CCOc1ccc(CC(=O)N2CCC(=O)c3ccccc32)cc1. The number of rotatable bonds is 4. The zero-order chi connectivity index (χ0) is 16.2. The van der Waals surface area contributed by atoms with Gasteiger partial charge in [0.15, 0.2) is 5.78 Å². The Kier molecular flexibility index (Phi) is 4.42. The van der Waals surface area contributed by atoms with Crippen molar-refractivity contribution in [3.05, 3.63) is 59.7 Å². The average Bonchev–Trinajstić information content (AvgIpc) is 2.57. The van der Waals surface area contributed by atoms with Crippen molar-refractivity contribution in [1.29, 1.82) is 0 Å². The van der Waals surface area contributed by atoms with Crippen LogP contribution in [0.2, 0.25) is 0 Å². The maximum absolute atomic E-state index is 12.6. The highest BCUT2D eigenvalue weighted by atomic mass is 16.5. The van der Waals surface area contributed by atoms with Crippen LogP contribution in [0.1, 0.15) is 29.3 Å². The lowest BCUT2D eigenvalue weighted by molar-refractivity contribution is -0.118. The molecule has 1 heterocycles. The van der Waals surface area contributed by atoms with E-state index in [-0.39, 0.29) is 11.7 Å². The molecule has 0 saturated carbocycles. The lowest BCUT2D eigenvalue weighted by Crippen LogP contribution is -2.38. The van der Waals surface area contributed by atoms with Crippen molar-refractivity contribution in [3.8, 4) is 5.75 Å². The second-order valence-electron chi connectivity index (χ2n) is 5.49. The molecule has 1 aliphatic heterocycles. The molecular weight excluding hydrogens is 290 g/mol. The van der Waals surface area contributed by atoms with Crippen molar-refractivity contribution in [3.63, 3.8) is 0 Å². The number of anilines is 1. The second-order valence-corrected chi connectivity index (χ2v) is 5.49. The summed E-state index contributed by atoms with van der Waals surface area (Å²) in [4.78, 5) is 26.3. The fraction of sp³-hybridized carbons (Fsp3) is 0.263. The molecule has 0 aliphatic carbocycles. The van der Waals surface area contributed by atoms with Gasteiger partial charge in [0.2, 0.25) is 5.91 Å². The second kappa shape index (κ2) is 6.65. The molecule has 118 valence electrons. The van der Waals surface area contributed by atoms with E-state index >= 15 is 0 Å². The molecule has 0 aromatic heterocycles. The first-order valence-electron chi connectivity index (χ1n) is 7.83. The third-order valence-electron chi connectivity index (χ3n) is 3.95. The molecule has 0 unspecified atom stereocenters. The lowest BCUT2D eigenvalue weighted by Gasteiger charge is -2.28. The smallest absolute Gasteiger partial charge is 0.231 e. The first-order chi connectivity index (χ1) is 11.2. The maximum atomic E-state index is 12.6. The molecule has 2 aromatic rings. The third kappa shape index (κ3) is 3.26. The molecule has 0 fully saturated rings. The number of amides is 1. The summed E-state index contributed by atoms with van der Waals surface area (Å²) in [5, 5.41) is 0. The first kappa shape index (κ1) is 15.3. The normalized spacial score (nSPS) is 13.6. The van der Waals surface area contributed by atoms with Gasteiger partial charge < -0.3 is 9.64 Å². The zero-order valence-corrected chi connectivity index (χ0v) is 13.1. The molecule has 4 heteroatoms. The Balaban J connectivity index is 1.76. The van der Waals surface area contributed by atoms with Crippen LogP contribution in [0.4, 0.5) is 5.69 Å². The summed E-state index contributed by atoms with van der Waals surface area (Å²) in [6.45, 7) is 3.01. The molecular formula is C19H19NO3. The summed E-state index contributed by atoms with van der Waals surface area (Å²) in [6, 6.07) is 14.9. The molecule has 0 bridgehead atoms. The summed E-state index contributed by atoms with van der Waals surface area (Å²) in [5.74, 6) is 0.914. The molecule has 0 atom stereocenters. The fourth-order valence-electron chi connectivity index (χ4n) is 2.81. The molecule has 1 amide bonds. The number of carbonyl (C=O) groups excluding carboxylic acids is 2. The number of para-hydroxylation sites is 1. The largest absolute Gasteiger partial charge is 0.494 e. The van der Waals surface area contributed by atoms with Crippen molar-refractivity contribution >= 4 is 17.4 Å². The van der Waals surface area contributed by atoms with E-state index < -0.39 is 0 Å². The van der Waals surface area contributed by atoms with Crippen LogP contribution in [0.25, 0.3) is 0 Å². The Morgan fingerprint density at radius 1 is 1.13 bits per heavy atom. The fourth-order valence-corrected chi connectivity index (χ4v) is 2.81. The minimum Gasteiger partial charge on any atom is -0.494 e. The van der Waals surface area contributed by atoms with Gasteiger partial charge in [-0.05, 0) is 36.8 Å². The van der Waals surface area contributed by atoms with E-state index in [2.05, 4.69) is 0 Å². The summed E-state index contributed by atoms with van der Waals surface area (Å²) in [7, 11) is 0. The van der Waals surface area contributed by atoms with Gasteiger partial charge in [-0.3, -0.25) is 9.59 Å². The van der Waals surface area contributed by atoms with E-state index in [1.54, 1.807) is 11.0 Å². The summed E-state index contributed by atoms with van der Waals surface area (Å²) < 4.78 is 5.41. The highest BCUT2D eigenvalue weighted by molar-refractivity contribution is 6.09. The number of ketones is 1. The van der Waals surface area contributed by atoms with E-state index in [1.165, 1.54) is 0 Å². The summed E-state index contributed by atoms with van der Waals surface area (Å²) in [6.07, 6.45) is 0.695. The molecule has 0 radical (unpaired) electrons. The van der Waals surface area contributed by atoms with Crippen molar-refractivity contribution in [2.75, 3.05) is 18.1 Å². The molecule has 0 N–H and O–H groups in total. The molecule has 0 saturated heterocycles. The van der Waals surface area contributed by atoms with E-state index in [0.717, 1.165) is 17.0 Å². The summed E-state index contributed by atoms with van der Waals surface area (Å²) >= 11 is 0. The highest BCUT2D eigenvalue weighted by Crippen LogP contribution is 2.27. The van der Waals surface area contributed by atoms with Crippen LogP contribution in [0.3, 0.4) is 0 Å². The van der Waals surface area contributed by atoms with Crippen molar-refractivity contribution in [1.82, 2.24) is 0 Å². The number of hydrogen-bond donors (Lipinski definition) is 0. The average molecular weight is 309 g/mol. The number of nitrogens with zero attached hydrogens (tertiary/aromatic N) is 1. The third-order valence-corrected chi connectivity index (χ3v) is 3.95. The molecule has 0 spiro atoms. The topological polar surface area (TPSA) is 46.6 Å². The molecule has 3 rings (SSSR count). The van der Waals surface area contributed by atoms with E-state index in [4.69, 9.17) is 4.74 Å². The van der Waals surface area contributed by atoms with Crippen molar-refractivity contribution in [2.45, 2.75) is 19.8 Å². The van der Waals surface area contributed by atoms with Gasteiger partial charge in [0.05, 0.1) is 18.7 Å². The number of Topliss-reactive ketones (excluding diaryl/α,β-unsaturated/α-hetero) is 1. The van der Waals surface area contributed by atoms with Crippen LogP contribution >= 0.6 is 0 Å². The number of hydrogen-bond acceptors (Lipinski definition) is 3. The van der Waals surface area contributed by atoms with Gasteiger partial charge in [-0.15, -0.1) is 0 Å². The Morgan fingerprint density at radius 3 is 2.61 bits per heavy atom. The molecule has 2 aromatic carbocycles.